The number of benzene rings is 8. The van der Waals surface area contributed by atoms with E-state index >= 15 is 0 Å². The summed E-state index contributed by atoms with van der Waals surface area (Å²) < 4.78 is 4.63. The fraction of sp³-hybridized carbons (Fsp3) is 0. The lowest BCUT2D eigenvalue weighted by molar-refractivity contribution is 1.07. The summed E-state index contributed by atoms with van der Waals surface area (Å²) >= 11 is 0. The third kappa shape index (κ3) is 6.68. The molecule has 292 valence electrons. The first-order valence-electron chi connectivity index (χ1n) is 20.8. The van der Waals surface area contributed by atoms with Gasteiger partial charge in [0.05, 0.1) is 16.6 Å². The quantitative estimate of drug-likeness (QED) is 0.137. The van der Waals surface area contributed by atoms with E-state index in [9.17, 15) is 0 Å². The molecule has 0 aliphatic rings. The SMILES string of the molecule is C=C/C(=C\c1cn(-c2ccccc2)c2ccccc12)c1cccc(-n2c3ccccc3c3cc(-c4cccc(-c5nc(-c6ccccc6)nc(-c6ccccc6)n5)c4)ccc32)c1. The maximum Gasteiger partial charge on any atom is 0.164 e. The molecule has 11 aromatic rings. The zero-order chi connectivity index (χ0) is 41.4. The molecule has 11 rings (SSSR count). The third-order valence-corrected chi connectivity index (χ3v) is 11.6. The van der Waals surface area contributed by atoms with Gasteiger partial charge in [0.2, 0.25) is 0 Å². The van der Waals surface area contributed by atoms with Crippen LogP contribution in [-0.4, -0.2) is 24.1 Å². The Morgan fingerprint density at radius 3 is 1.65 bits per heavy atom. The van der Waals surface area contributed by atoms with Crippen LogP contribution < -0.4 is 0 Å². The van der Waals surface area contributed by atoms with Crippen LogP contribution in [-0.2, 0) is 0 Å². The first kappa shape index (κ1) is 36.7. The molecular weight excluding hydrogens is 755 g/mol. The second-order valence-electron chi connectivity index (χ2n) is 15.4. The summed E-state index contributed by atoms with van der Waals surface area (Å²) in [4.78, 5) is 14.9. The van der Waals surface area contributed by atoms with Gasteiger partial charge >= 0.3 is 0 Å². The molecule has 3 aromatic heterocycles. The zero-order valence-corrected chi connectivity index (χ0v) is 33.8. The smallest absolute Gasteiger partial charge is 0.164 e. The molecule has 3 heterocycles. The van der Waals surface area contributed by atoms with Crippen LogP contribution in [0.5, 0.6) is 0 Å². The van der Waals surface area contributed by atoms with E-state index in [0.29, 0.717) is 17.5 Å². The topological polar surface area (TPSA) is 48.5 Å². The van der Waals surface area contributed by atoms with E-state index in [2.05, 4.69) is 174 Å². The van der Waals surface area contributed by atoms with Crippen molar-refractivity contribution >= 4 is 44.4 Å². The molecule has 62 heavy (non-hydrogen) atoms. The molecule has 0 atom stereocenters. The Morgan fingerprint density at radius 1 is 0.403 bits per heavy atom. The number of allylic oxidation sites excluding steroid dienone is 2. The summed E-state index contributed by atoms with van der Waals surface area (Å²) in [6.07, 6.45) is 6.44. The van der Waals surface area contributed by atoms with Crippen molar-refractivity contribution in [3.8, 4) is 56.7 Å². The number of nitrogens with zero attached hydrogens (tertiary/aromatic N) is 5. The van der Waals surface area contributed by atoms with Crippen LogP contribution in [0.3, 0.4) is 0 Å². The monoisotopic (exact) mass is 793 g/mol. The van der Waals surface area contributed by atoms with E-state index in [1.165, 1.54) is 21.7 Å². The van der Waals surface area contributed by atoms with Crippen LogP contribution in [0.25, 0.3) is 101 Å². The van der Waals surface area contributed by atoms with Gasteiger partial charge in [0.15, 0.2) is 17.5 Å². The van der Waals surface area contributed by atoms with Crippen LogP contribution in [0, 0.1) is 0 Å². The molecule has 0 radical (unpaired) electrons. The summed E-state index contributed by atoms with van der Waals surface area (Å²) in [6, 6.07) is 72.0. The number of para-hydroxylation sites is 3. The highest BCUT2D eigenvalue weighted by Crippen LogP contribution is 2.37. The predicted molar refractivity (Wildman–Crippen MR) is 257 cm³/mol. The number of hydrogen-bond acceptors (Lipinski definition) is 3. The van der Waals surface area contributed by atoms with Crippen molar-refractivity contribution in [1.29, 1.82) is 0 Å². The Hall–Kier alpha value is -8.41. The molecule has 0 unspecified atom stereocenters. The van der Waals surface area contributed by atoms with Gasteiger partial charge in [-0.15, -0.1) is 0 Å². The minimum absolute atomic E-state index is 0.631. The first-order chi connectivity index (χ1) is 30.7. The predicted octanol–water partition coefficient (Wildman–Crippen LogP) is 14.3. The van der Waals surface area contributed by atoms with Crippen molar-refractivity contribution in [3.63, 3.8) is 0 Å². The van der Waals surface area contributed by atoms with E-state index in [1.807, 2.05) is 66.7 Å². The molecule has 5 nitrogen and oxygen atoms in total. The second-order valence-corrected chi connectivity index (χ2v) is 15.4. The van der Waals surface area contributed by atoms with Gasteiger partial charge in [-0.2, -0.15) is 0 Å². The van der Waals surface area contributed by atoms with Crippen molar-refractivity contribution in [2.24, 2.45) is 0 Å². The van der Waals surface area contributed by atoms with Crippen LogP contribution >= 0.6 is 0 Å². The molecule has 8 aromatic carbocycles. The standard InChI is InChI=1S/C57H39N5/c1-2-39(34-46-38-61(47-25-10-5-11-26-47)52-30-14-12-28-49(46)52)43-23-17-27-48(36-43)62-53-31-15-13-29-50(53)51-37-44(32-33-54(51)62)42-22-16-24-45(35-42)57-59-55(40-18-6-3-7-19-40)58-56(60-57)41-20-8-4-9-21-41/h2-38H,1H2/b39-34+. The minimum Gasteiger partial charge on any atom is -0.316 e. The molecule has 0 N–H and O–H groups in total. The fourth-order valence-electron chi connectivity index (χ4n) is 8.58. The molecule has 0 saturated carbocycles. The van der Waals surface area contributed by atoms with Gasteiger partial charge in [-0.05, 0) is 82.9 Å². The molecule has 0 spiro atoms. The second kappa shape index (κ2) is 15.6. The highest BCUT2D eigenvalue weighted by atomic mass is 15.0. The highest BCUT2D eigenvalue weighted by Gasteiger charge is 2.17. The largest absolute Gasteiger partial charge is 0.316 e. The summed E-state index contributed by atoms with van der Waals surface area (Å²) in [5.74, 6) is 1.92. The summed E-state index contributed by atoms with van der Waals surface area (Å²) in [5.41, 5.74) is 14.0. The van der Waals surface area contributed by atoms with Gasteiger partial charge in [-0.1, -0.05) is 164 Å². The Balaban J connectivity index is 0.986. The Labute approximate surface area is 359 Å². The number of aromatic nitrogens is 5. The highest BCUT2D eigenvalue weighted by molar-refractivity contribution is 6.10. The van der Waals surface area contributed by atoms with Gasteiger partial charge in [0.1, 0.15) is 0 Å². The van der Waals surface area contributed by atoms with Gasteiger partial charge in [0, 0.05) is 56.0 Å². The maximum absolute atomic E-state index is 5.00. The average Bonchev–Trinajstić information content (AvgIpc) is 3.89. The van der Waals surface area contributed by atoms with E-state index in [4.69, 9.17) is 15.0 Å². The van der Waals surface area contributed by atoms with E-state index in [0.717, 1.165) is 66.9 Å². The Morgan fingerprint density at radius 2 is 0.935 bits per heavy atom. The van der Waals surface area contributed by atoms with Crippen LogP contribution in [0.4, 0.5) is 0 Å². The fourth-order valence-corrected chi connectivity index (χ4v) is 8.58. The van der Waals surface area contributed by atoms with Gasteiger partial charge in [-0.25, -0.2) is 15.0 Å². The summed E-state index contributed by atoms with van der Waals surface area (Å²) in [6.45, 7) is 4.28. The van der Waals surface area contributed by atoms with Crippen LogP contribution in [0.15, 0.2) is 225 Å². The lowest BCUT2D eigenvalue weighted by Crippen LogP contribution is -2.00. The van der Waals surface area contributed by atoms with E-state index in [1.54, 1.807) is 0 Å². The lowest BCUT2D eigenvalue weighted by atomic mass is 10.0. The molecule has 0 saturated heterocycles. The van der Waals surface area contributed by atoms with E-state index < -0.39 is 0 Å². The summed E-state index contributed by atoms with van der Waals surface area (Å²) in [5, 5.41) is 3.56. The Bertz CT molecular complexity index is 3410. The Kier molecular flexibility index (Phi) is 9.25. The number of rotatable bonds is 9. The van der Waals surface area contributed by atoms with Gasteiger partial charge in [-0.3, -0.25) is 0 Å². The average molecular weight is 794 g/mol. The molecule has 5 heteroatoms. The molecule has 0 amide bonds. The third-order valence-electron chi connectivity index (χ3n) is 11.6. The van der Waals surface area contributed by atoms with E-state index in [-0.39, 0.29) is 0 Å². The van der Waals surface area contributed by atoms with Crippen molar-refractivity contribution < 1.29 is 0 Å². The lowest BCUT2D eigenvalue weighted by Gasteiger charge is -2.12. The van der Waals surface area contributed by atoms with Crippen molar-refractivity contribution in [2.75, 3.05) is 0 Å². The van der Waals surface area contributed by atoms with Crippen molar-refractivity contribution in [2.45, 2.75) is 0 Å². The van der Waals surface area contributed by atoms with Gasteiger partial charge in [0.25, 0.3) is 0 Å². The summed E-state index contributed by atoms with van der Waals surface area (Å²) in [7, 11) is 0. The normalized spacial score (nSPS) is 11.7. The number of hydrogen-bond donors (Lipinski definition) is 0. The van der Waals surface area contributed by atoms with Crippen molar-refractivity contribution in [1.82, 2.24) is 24.1 Å². The molecule has 0 fully saturated rings. The molecular formula is C57H39N5. The molecule has 0 aliphatic carbocycles. The first-order valence-corrected chi connectivity index (χ1v) is 20.8. The van der Waals surface area contributed by atoms with Crippen LogP contribution in [0.2, 0.25) is 0 Å². The van der Waals surface area contributed by atoms with Crippen molar-refractivity contribution in [3.05, 3.63) is 236 Å². The minimum atomic E-state index is 0.631. The van der Waals surface area contributed by atoms with Crippen LogP contribution in [0.1, 0.15) is 11.1 Å². The maximum atomic E-state index is 5.00. The molecule has 0 aliphatic heterocycles. The number of fused-ring (bicyclic) bond motifs is 4. The molecule has 0 bridgehead atoms. The van der Waals surface area contributed by atoms with Gasteiger partial charge < -0.3 is 9.13 Å². The zero-order valence-electron chi connectivity index (χ0n) is 33.8.